The number of aliphatic hydroxyl groups is 3. The van der Waals surface area contributed by atoms with Crippen LogP contribution in [0.15, 0.2) is 0 Å². The maximum Gasteiger partial charge on any atom is 0.372 e. The minimum absolute atomic E-state index is 0.697. The van der Waals surface area contributed by atoms with Crippen molar-refractivity contribution in [3.05, 3.63) is 0 Å². The van der Waals surface area contributed by atoms with Crippen LogP contribution in [-0.2, 0) is 9.59 Å². The first-order valence-electron chi connectivity index (χ1n) is 3.22. The SMILES string of the molecule is O=C(O)C(=O)CC(O)C(O)CO. The molecule has 0 bridgehead atoms. The Labute approximate surface area is 68.1 Å². The minimum Gasteiger partial charge on any atom is -0.475 e. The standard InChI is InChI=1S/C6H10O6/c7-2-5(10)3(8)1-4(9)6(11)12/h3,5,7-8,10H,1-2H2,(H,11,12). The van der Waals surface area contributed by atoms with E-state index in [1.54, 1.807) is 0 Å². The lowest BCUT2D eigenvalue weighted by Gasteiger charge is -2.12. The summed E-state index contributed by atoms with van der Waals surface area (Å²) < 4.78 is 0. The highest BCUT2D eigenvalue weighted by molar-refractivity contribution is 6.32. The van der Waals surface area contributed by atoms with Gasteiger partial charge in [-0.2, -0.15) is 0 Å². The molecule has 2 atom stereocenters. The molecular formula is C6H10O6. The maximum atomic E-state index is 10.4. The highest BCUT2D eigenvalue weighted by atomic mass is 16.4. The summed E-state index contributed by atoms with van der Waals surface area (Å²) in [7, 11) is 0. The molecule has 0 amide bonds. The lowest BCUT2D eigenvalue weighted by molar-refractivity contribution is -0.151. The quantitative estimate of drug-likeness (QED) is 0.353. The predicted octanol–water partition coefficient (Wildman–Crippen LogP) is -2.26. The number of aliphatic carboxylic acids is 1. The predicted molar refractivity (Wildman–Crippen MR) is 36.4 cm³/mol. The highest BCUT2D eigenvalue weighted by Gasteiger charge is 2.22. The molecule has 0 saturated heterocycles. The largest absolute Gasteiger partial charge is 0.475 e. The molecule has 0 aromatic rings. The first kappa shape index (κ1) is 11.0. The van der Waals surface area contributed by atoms with E-state index in [1.807, 2.05) is 0 Å². The molecule has 0 radical (unpaired) electrons. The van der Waals surface area contributed by atoms with Gasteiger partial charge in [-0.1, -0.05) is 0 Å². The van der Waals surface area contributed by atoms with Crippen LogP contribution in [0.4, 0.5) is 0 Å². The van der Waals surface area contributed by atoms with Crippen LogP contribution in [-0.4, -0.2) is 51.0 Å². The average Bonchev–Trinajstić information content (AvgIpc) is 2.02. The Hall–Kier alpha value is -0.980. The van der Waals surface area contributed by atoms with Gasteiger partial charge in [-0.05, 0) is 0 Å². The van der Waals surface area contributed by atoms with Crippen molar-refractivity contribution in [2.24, 2.45) is 0 Å². The molecule has 0 heterocycles. The van der Waals surface area contributed by atoms with Crippen molar-refractivity contribution in [1.29, 1.82) is 0 Å². The second-order valence-corrected chi connectivity index (χ2v) is 2.25. The topological polar surface area (TPSA) is 115 Å². The van der Waals surface area contributed by atoms with Gasteiger partial charge in [-0.25, -0.2) is 4.79 Å². The summed E-state index contributed by atoms with van der Waals surface area (Å²) in [6.07, 6.45) is -3.70. The normalized spacial score (nSPS) is 15.2. The summed E-state index contributed by atoms with van der Waals surface area (Å²) in [5.41, 5.74) is 0. The number of hydrogen-bond donors (Lipinski definition) is 4. The van der Waals surface area contributed by atoms with Crippen molar-refractivity contribution < 1.29 is 30.0 Å². The number of hydrogen-bond acceptors (Lipinski definition) is 5. The van der Waals surface area contributed by atoms with Gasteiger partial charge in [-0.15, -0.1) is 0 Å². The number of aliphatic hydroxyl groups excluding tert-OH is 3. The molecule has 0 aromatic heterocycles. The van der Waals surface area contributed by atoms with E-state index < -0.39 is 37.0 Å². The van der Waals surface area contributed by atoms with Gasteiger partial charge in [0.25, 0.3) is 0 Å². The summed E-state index contributed by atoms with van der Waals surface area (Å²) >= 11 is 0. The molecule has 0 saturated carbocycles. The number of rotatable bonds is 5. The summed E-state index contributed by atoms with van der Waals surface area (Å²) in [6, 6.07) is 0. The van der Waals surface area contributed by atoms with E-state index in [0.29, 0.717) is 0 Å². The Balaban J connectivity index is 3.92. The van der Waals surface area contributed by atoms with Gasteiger partial charge in [0.05, 0.1) is 12.7 Å². The number of Topliss-reactive ketones (excluding diaryl/α,β-unsaturated/α-hetero) is 1. The number of carbonyl (C=O) groups excluding carboxylic acids is 1. The monoisotopic (exact) mass is 178 g/mol. The Morgan fingerprint density at radius 3 is 2.00 bits per heavy atom. The average molecular weight is 178 g/mol. The van der Waals surface area contributed by atoms with Crippen LogP contribution < -0.4 is 0 Å². The van der Waals surface area contributed by atoms with Crippen LogP contribution in [0.5, 0.6) is 0 Å². The van der Waals surface area contributed by atoms with Gasteiger partial charge in [0, 0.05) is 6.42 Å². The zero-order valence-corrected chi connectivity index (χ0v) is 6.17. The van der Waals surface area contributed by atoms with Crippen LogP contribution in [0, 0.1) is 0 Å². The molecule has 0 aliphatic carbocycles. The van der Waals surface area contributed by atoms with Crippen molar-refractivity contribution in [2.45, 2.75) is 18.6 Å². The van der Waals surface area contributed by atoms with Crippen molar-refractivity contribution >= 4 is 11.8 Å². The number of carbonyl (C=O) groups is 2. The molecule has 0 fully saturated rings. The molecule has 6 nitrogen and oxygen atoms in total. The van der Waals surface area contributed by atoms with Gasteiger partial charge in [0.2, 0.25) is 5.78 Å². The minimum atomic E-state index is -1.67. The zero-order chi connectivity index (χ0) is 9.72. The second-order valence-electron chi connectivity index (χ2n) is 2.25. The third-order valence-electron chi connectivity index (χ3n) is 1.26. The summed E-state index contributed by atoms with van der Waals surface area (Å²) in [5, 5.41) is 33.9. The fourth-order valence-corrected chi connectivity index (χ4v) is 0.535. The van der Waals surface area contributed by atoms with E-state index in [2.05, 4.69) is 0 Å². The summed E-state index contributed by atoms with van der Waals surface area (Å²) in [5.74, 6) is -2.87. The zero-order valence-electron chi connectivity index (χ0n) is 6.17. The fourth-order valence-electron chi connectivity index (χ4n) is 0.535. The molecular weight excluding hydrogens is 168 g/mol. The molecule has 2 unspecified atom stereocenters. The van der Waals surface area contributed by atoms with Gasteiger partial charge in [-0.3, -0.25) is 4.79 Å². The molecule has 4 N–H and O–H groups in total. The smallest absolute Gasteiger partial charge is 0.372 e. The molecule has 0 aliphatic heterocycles. The van der Waals surface area contributed by atoms with Crippen LogP contribution in [0.3, 0.4) is 0 Å². The lowest BCUT2D eigenvalue weighted by atomic mass is 10.1. The Kier molecular flexibility index (Phi) is 4.42. The number of carboxylic acid groups (broad SMARTS) is 1. The van der Waals surface area contributed by atoms with Crippen molar-refractivity contribution in [2.75, 3.05) is 6.61 Å². The van der Waals surface area contributed by atoms with Crippen molar-refractivity contribution in [1.82, 2.24) is 0 Å². The van der Waals surface area contributed by atoms with E-state index >= 15 is 0 Å². The molecule has 0 spiro atoms. The van der Waals surface area contributed by atoms with Crippen molar-refractivity contribution in [3.63, 3.8) is 0 Å². The lowest BCUT2D eigenvalue weighted by Crippen LogP contribution is -2.33. The van der Waals surface area contributed by atoms with Crippen LogP contribution in [0.1, 0.15) is 6.42 Å². The van der Waals surface area contributed by atoms with Gasteiger partial charge >= 0.3 is 5.97 Å². The maximum absolute atomic E-state index is 10.4. The molecule has 0 rings (SSSR count). The summed E-state index contributed by atoms with van der Waals surface area (Å²) in [4.78, 5) is 20.4. The Morgan fingerprint density at radius 1 is 1.17 bits per heavy atom. The first-order chi connectivity index (χ1) is 5.49. The second kappa shape index (κ2) is 4.81. The molecule has 70 valence electrons. The summed E-state index contributed by atoms with van der Waals surface area (Å²) in [6.45, 7) is -0.714. The Bertz CT molecular complexity index is 177. The molecule has 0 aromatic carbocycles. The van der Waals surface area contributed by atoms with Crippen molar-refractivity contribution in [3.8, 4) is 0 Å². The van der Waals surface area contributed by atoms with Gasteiger partial charge < -0.3 is 20.4 Å². The van der Waals surface area contributed by atoms with E-state index in [9.17, 15) is 9.59 Å². The van der Waals surface area contributed by atoms with Gasteiger partial charge in [0.15, 0.2) is 0 Å². The molecule has 0 aliphatic rings. The van der Waals surface area contributed by atoms with Crippen LogP contribution >= 0.6 is 0 Å². The molecule has 12 heavy (non-hydrogen) atoms. The van der Waals surface area contributed by atoms with E-state index in [1.165, 1.54) is 0 Å². The fraction of sp³-hybridized carbons (Fsp3) is 0.667. The number of carboxylic acids is 1. The molecule has 6 heteroatoms. The highest BCUT2D eigenvalue weighted by Crippen LogP contribution is 1.99. The van der Waals surface area contributed by atoms with E-state index in [0.717, 1.165) is 0 Å². The first-order valence-corrected chi connectivity index (χ1v) is 3.22. The third kappa shape index (κ3) is 3.42. The van der Waals surface area contributed by atoms with Gasteiger partial charge in [0.1, 0.15) is 6.10 Å². The third-order valence-corrected chi connectivity index (χ3v) is 1.26. The van der Waals surface area contributed by atoms with Crippen LogP contribution in [0.25, 0.3) is 0 Å². The number of ketones is 1. The van der Waals surface area contributed by atoms with E-state index in [4.69, 9.17) is 20.4 Å². The van der Waals surface area contributed by atoms with E-state index in [-0.39, 0.29) is 0 Å². The Morgan fingerprint density at radius 2 is 1.67 bits per heavy atom. The van der Waals surface area contributed by atoms with Crippen LogP contribution in [0.2, 0.25) is 0 Å².